The zero-order valence-electron chi connectivity index (χ0n) is 15.1. The standard InChI is InChI=1S/C18H15ClN4O3S3/c1-23-14-7-11(19)4-5-13(14)17-15(29(23,25)26)9-21-18(22-17)28-10-16(24)20-8-12-3-2-6-27-12/h2-7,9H,8,10H2,1H3,(H,20,24). The molecule has 0 saturated heterocycles. The number of hydrogen-bond donors (Lipinski definition) is 1. The summed E-state index contributed by atoms with van der Waals surface area (Å²) in [5.74, 6) is -0.0196. The predicted octanol–water partition coefficient (Wildman–Crippen LogP) is 3.41. The summed E-state index contributed by atoms with van der Waals surface area (Å²) >= 11 is 8.77. The van der Waals surface area contributed by atoms with Crippen LogP contribution in [0.15, 0.2) is 52.0 Å². The maximum absolute atomic E-state index is 12.8. The van der Waals surface area contributed by atoms with Crippen LogP contribution in [0.4, 0.5) is 5.69 Å². The van der Waals surface area contributed by atoms with Gasteiger partial charge in [0.15, 0.2) is 5.16 Å². The summed E-state index contributed by atoms with van der Waals surface area (Å²) in [7, 11) is -2.30. The molecule has 0 spiro atoms. The predicted molar refractivity (Wildman–Crippen MR) is 115 cm³/mol. The van der Waals surface area contributed by atoms with E-state index in [1.54, 1.807) is 29.5 Å². The molecule has 3 aromatic rings. The Kier molecular flexibility index (Phi) is 5.52. The van der Waals surface area contributed by atoms with Crippen LogP contribution in [0.25, 0.3) is 11.3 Å². The van der Waals surface area contributed by atoms with Gasteiger partial charge in [0.25, 0.3) is 10.0 Å². The largest absolute Gasteiger partial charge is 0.350 e. The zero-order chi connectivity index (χ0) is 20.6. The number of anilines is 1. The first-order valence-electron chi connectivity index (χ1n) is 8.44. The minimum Gasteiger partial charge on any atom is -0.350 e. The SMILES string of the molecule is CN1c2cc(Cl)ccc2-c2nc(SCC(=O)NCc3cccs3)ncc2S1(=O)=O. The lowest BCUT2D eigenvalue weighted by atomic mass is 10.1. The lowest BCUT2D eigenvalue weighted by molar-refractivity contribution is -0.118. The van der Waals surface area contributed by atoms with Gasteiger partial charge in [-0.15, -0.1) is 11.3 Å². The van der Waals surface area contributed by atoms with E-state index in [2.05, 4.69) is 15.3 Å². The summed E-state index contributed by atoms with van der Waals surface area (Å²) in [5.41, 5.74) is 1.41. The first-order valence-corrected chi connectivity index (χ1v) is 12.1. The maximum Gasteiger partial charge on any atom is 0.267 e. The Labute approximate surface area is 181 Å². The highest BCUT2D eigenvalue weighted by molar-refractivity contribution is 7.99. The first-order chi connectivity index (χ1) is 13.9. The first kappa shape index (κ1) is 20.1. The van der Waals surface area contributed by atoms with E-state index in [1.165, 1.54) is 17.5 Å². The van der Waals surface area contributed by atoms with Crippen molar-refractivity contribution in [3.05, 3.63) is 51.8 Å². The molecule has 0 radical (unpaired) electrons. The number of fused-ring (bicyclic) bond motifs is 3. The fraction of sp³-hybridized carbons (Fsp3) is 0.167. The number of nitrogens with one attached hydrogen (secondary N) is 1. The number of carbonyl (C=O) groups excluding carboxylic acids is 1. The van der Waals surface area contributed by atoms with Gasteiger partial charge in [0.1, 0.15) is 4.90 Å². The zero-order valence-corrected chi connectivity index (χ0v) is 18.3. The minimum absolute atomic E-state index is 0.0290. The molecule has 3 heterocycles. The van der Waals surface area contributed by atoms with Crippen LogP contribution in [-0.4, -0.2) is 37.1 Å². The number of benzene rings is 1. The number of aromatic nitrogens is 2. The average Bonchev–Trinajstić information content (AvgIpc) is 3.22. The summed E-state index contributed by atoms with van der Waals surface area (Å²) in [4.78, 5) is 21.7. The Morgan fingerprint density at radius 2 is 2.17 bits per heavy atom. The lowest BCUT2D eigenvalue weighted by Gasteiger charge is -2.28. The second kappa shape index (κ2) is 7.94. The second-order valence-electron chi connectivity index (χ2n) is 6.14. The van der Waals surface area contributed by atoms with Crippen LogP contribution in [0.5, 0.6) is 0 Å². The summed E-state index contributed by atoms with van der Waals surface area (Å²) < 4.78 is 26.7. The quantitative estimate of drug-likeness (QED) is 0.457. The van der Waals surface area contributed by atoms with E-state index in [4.69, 9.17) is 11.6 Å². The summed E-state index contributed by atoms with van der Waals surface area (Å²) in [6.07, 6.45) is 1.29. The van der Waals surface area contributed by atoms with E-state index < -0.39 is 10.0 Å². The molecule has 0 fully saturated rings. The van der Waals surface area contributed by atoms with Gasteiger partial charge in [-0.2, -0.15) is 0 Å². The molecule has 7 nitrogen and oxygen atoms in total. The fourth-order valence-corrected chi connectivity index (χ4v) is 5.58. The topological polar surface area (TPSA) is 92.3 Å². The van der Waals surface area contributed by atoms with Crippen molar-refractivity contribution in [2.24, 2.45) is 0 Å². The number of sulfonamides is 1. The molecule has 0 bridgehead atoms. The van der Waals surface area contributed by atoms with Crippen molar-refractivity contribution in [3.63, 3.8) is 0 Å². The third-order valence-corrected chi connectivity index (χ3v) is 8.04. The molecule has 29 heavy (non-hydrogen) atoms. The van der Waals surface area contributed by atoms with Gasteiger partial charge in [0, 0.05) is 22.5 Å². The van der Waals surface area contributed by atoms with E-state index in [0.29, 0.717) is 33.7 Å². The Hall–Kier alpha value is -2.14. The Morgan fingerprint density at radius 1 is 1.34 bits per heavy atom. The number of thiophene rings is 1. The summed E-state index contributed by atoms with van der Waals surface area (Å²) in [6, 6.07) is 8.88. The molecule has 2 aromatic heterocycles. The highest BCUT2D eigenvalue weighted by atomic mass is 35.5. The van der Waals surface area contributed by atoms with Crippen molar-refractivity contribution >= 4 is 56.3 Å². The number of rotatable bonds is 5. The highest BCUT2D eigenvalue weighted by Gasteiger charge is 2.34. The van der Waals surface area contributed by atoms with Crippen molar-refractivity contribution in [2.45, 2.75) is 16.6 Å². The Morgan fingerprint density at radius 3 is 2.93 bits per heavy atom. The third-order valence-electron chi connectivity index (χ3n) is 4.30. The molecule has 1 aromatic carbocycles. The molecular formula is C18H15ClN4O3S3. The van der Waals surface area contributed by atoms with Crippen LogP contribution >= 0.6 is 34.7 Å². The smallest absolute Gasteiger partial charge is 0.267 e. The van der Waals surface area contributed by atoms with Gasteiger partial charge in [0.2, 0.25) is 5.91 Å². The Balaban J connectivity index is 1.56. The van der Waals surface area contributed by atoms with Crippen LogP contribution in [0.1, 0.15) is 4.88 Å². The summed E-state index contributed by atoms with van der Waals surface area (Å²) in [5, 5.41) is 5.55. The van der Waals surface area contributed by atoms with Crippen molar-refractivity contribution in [3.8, 4) is 11.3 Å². The van der Waals surface area contributed by atoms with Gasteiger partial charge < -0.3 is 5.32 Å². The molecule has 1 aliphatic rings. The molecule has 0 atom stereocenters. The molecule has 4 rings (SSSR count). The second-order valence-corrected chi connectivity index (χ2v) is 10.5. The fourth-order valence-electron chi connectivity index (χ4n) is 2.83. The lowest BCUT2D eigenvalue weighted by Crippen LogP contribution is -2.31. The van der Waals surface area contributed by atoms with E-state index in [0.717, 1.165) is 16.6 Å². The van der Waals surface area contributed by atoms with Crippen LogP contribution in [0.3, 0.4) is 0 Å². The highest BCUT2D eigenvalue weighted by Crippen LogP contribution is 2.42. The molecule has 0 saturated carbocycles. The van der Waals surface area contributed by atoms with Gasteiger partial charge in [-0.1, -0.05) is 29.4 Å². The molecule has 11 heteroatoms. The van der Waals surface area contributed by atoms with Crippen molar-refractivity contribution in [1.29, 1.82) is 0 Å². The molecular weight excluding hydrogens is 452 g/mol. The van der Waals surface area contributed by atoms with Crippen molar-refractivity contribution in [2.75, 3.05) is 17.1 Å². The van der Waals surface area contributed by atoms with Gasteiger partial charge in [-0.3, -0.25) is 9.10 Å². The van der Waals surface area contributed by atoms with Crippen molar-refractivity contribution in [1.82, 2.24) is 15.3 Å². The monoisotopic (exact) mass is 466 g/mol. The Bertz CT molecular complexity index is 1180. The van der Waals surface area contributed by atoms with Gasteiger partial charge in [-0.05, 0) is 29.6 Å². The van der Waals surface area contributed by atoms with Gasteiger partial charge >= 0.3 is 0 Å². The van der Waals surface area contributed by atoms with E-state index in [-0.39, 0.29) is 16.6 Å². The van der Waals surface area contributed by atoms with Crippen molar-refractivity contribution < 1.29 is 13.2 Å². The van der Waals surface area contributed by atoms with Gasteiger partial charge in [-0.25, -0.2) is 18.4 Å². The number of carbonyl (C=O) groups is 1. The number of nitrogens with zero attached hydrogens (tertiary/aromatic N) is 3. The third kappa shape index (κ3) is 3.97. The number of amides is 1. The normalized spacial score (nSPS) is 14.2. The van der Waals surface area contributed by atoms with E-state index in [1.807, 2.05) is 17.5 Å². The summed E-state index contributed by atoms with van der Waals surface area (Å²) in [6.45, 7) is 0.473. The van der Waals surface area contributed by atoms with Gasteiger partial charge in [0.05, 0.1) is 29.9 Å². The minimum atomic E-state index is -3.77. The average molecular weight is 467 g/mol. The molecule has 150 valence electrons. The molecule has 1 N–H and O–H groups in total. The van der Waals surface area contributed by atoms with Crippen LogP contribution < -0.4 is 9.62 Å². The van der Waals surface area contributed by atoms with Crippen LogP contribution in [-0.2, 0) is 21.4 Å². The number of thioether (sulfide) groups is 1. The molecule has 0 unspecified atom stereocenters. The number of hydrogen-bond acceptors (Lipinski definition) is 7. The molecule has 1 amide bonds. The van der Waals surface area contributed by atoms with Crippen LogP contribution in [0, 0.1) is 0 Å². The van der Waals surface area contributed by atoms with E-state index in [9.17, 15) is 13.2 Å². The van der Waals surface area contributed by atoms with Crippen LogP contribution in [0.2, 0.25) is 5.02 Å². The maximum atomic E-state index is 12.8. The molecule has 0 aliphatic carbocycles. The van der Waals surface area contributed by atoms with E-state index >= 15 is 0 Å². The number of halogens is 1. The molecule has 1 aliphatic heterocycles.